The zero-order valence-corrected chi connectivity index (χ0v) is 27.5. The molecule has 8 bridgehead atoms. The molecule has 5 aliphatic rings. The first-order chi connectivity index (χ1) is 21.7. The van der Waals surface area contributed by atoms with Crippen LogP contribution in [0.15, 0.2) is 36.0 Å². The third kappa shape index (κ3) is 7.04. The van der Waals surface area contributed by atoms with Crippen LogP contribution in [0.4, 0.5) is 24.8 Å². The summed E-state index contributed by atoms with van der Waals surface area (Å²) in [4.78, 5) is 14.2. The fourth-order valence-corrected chi connectivity index (χ4v) is 8.98. The van der Waals surface area contributed by atoms with Crippen LogP contribution in [0.5, 0.6) is 0 Å². The molecule has 0 spiro atoms. The van der Waals surface area contributed by atoms with Crippen molar-refractivity contribution in [2.45, 2.75) is 83.6 Å². The van der Waals surface area contributed by atoms with E-state index in [4.69, 9.17) is 9.97 Å². The predicted molar refractivity (Wildman–Crippen MR) is 183 cm³/mol. The number of nitrogens with one attached hydrogen (secondary N) is 1. The maximum atomic E-state index is 15.9. The molecular weight excluding hydrogens is 591 g/mol. The number of nitrogens with zero attached hydrogens (tertiary/aromatic N) is 4. The lowest BCUT2D eigenvalue weighted by molar-refractivity contribution is -0.0880. The SMILES string of the molecule is C=C1C(C2CCS(=C)CC2)=Cc2c3nc(C)nc2N1CCCCCCCCN1CCC(CC1)C(F)(F)c1cccc(c1F)CN3. The Morgan fingerprint density at radius 3 is 2.36 bits per heavy atom. The molecule has 244 valence electrons. The summed E-state index contributed by atoms with van der Waals surface area (Å²) in [5.74, 6) is 4.08. The topological polar surface area (TPSA) is 44.3 Å². The second-order valence-electron chi connectivity index (χ2n) is 13.3. The molecule has 0 radical (unpaired) electrons. The van der Waals surface area contributed by atoms with Gasteiger partial charge in [0.25, 0.3) is 5.92 Å². The number of aryl methyl sites for hydroxylation is 1. The fraction of sp³-hybridized carbons (Fsp3) is 0.583. The van der Waals surface area contributed by atoms with Crippen molar-refractivity contribution in [3.8, 4) is 0 Å². The van der Waals surface area contributed by atoms with E-state index in [1.54, 1.807) is 12.1 Å². The van der Waals surface area contributed by atoms with Gasteiger partial charge in [-0.25, -0.2) is 23.1 Å². The molecule has 5 aliphatic heterocycles. The summed E-state index contributed by atoms with van der Waals surface area (Å²) in [7, 11) is 0.220. The summed E-state index contributed by atoms with van der Waals surface area (Å²) in [6, 6.07) is 4.41. The highest BCUT2D eigenvalue weighted by atomic mass is 32.2. The van der Waals surface area contributed by atoms with Crippen LogP contribution in [0.1, 0.15) is 86.7 Å². The number of fused-ring (bicyclic) bond motifs is 10. The van der Waals surface area contributed by atoms with Crippen molar-refractivity contribution < 1.29 is 13.2 Å². The van der Waals surface area contributed by atoms with Crippen molar-refractivity contribution in [2.24, 2.45) is 11.8 Å². The molecule has 0 amide bonds. The Labute approximate surface area is 269 Å². The van der Waals surface area contributed by atoms with E-state index in [-0.39, 0.29) is 22.6 Å². The molecule has 45 heavy (non-hydrogen) atoms. The van der Waals surface area contributed by atoms with E-state index >= 15 is 13.2 Å². The van der Waals surface area contributed by atoms with Gasteiger partial charge in [-0.2, -0.15) is 10.5 Å². The molecule has 0 aliphatic carbocycles. The highest BCUT2D eigenvalue weighted by Crippen LogP contribution is 2.45. The summed E-state index contributed by atoms with van der Waals surface area (Å²) in [6.07, 6.45) is 11.9. The van der Waals surface area contributed by atoms with Crippen LogP contribution in [0.2, 0.25) is 0 Å². The van der Waals surface area contributed by atoms with Crippen molar-refractivity contribution in [3.63, 3.8) is 0 Å². The highest BCUT2D eigenvalue weighted by molar-refractivity contribution is 8.14. The Bertz CT molecular complexity index is 1440. The minimum absolute atomic E-state index is 0.0505. The normalized spacial score (nSPS) is 28.0. The minimum Gasteiger partial charge on any atom is -0.365 e. The van der Waals surface area contributed by atoms with Gasteiger partial charge in [0.15, 0.2) is 0 Å². The van der Waals surface area contributed by atoms with Crippen molar-refractivity contribution in [3.05, 3.63) is 64.4 Å². The molecule has 5 nitrogen and oxygen atoms in total. The lowest BCUT2D eigenvalue weighted by atomic mass is 9.85. The van der Waals surface area contributed by atoms with E-state index in [9.17, 15) is 0 Å². The van der Waals surface area contributed by atoms with Crippen LogP contribution in [0.3, 0.4) is 0 Å². The lowest BCUT2D eigenvalue weighted by Crippen LogP contribution is -2.40. The Kier molecular flexibility index (Phi) is 10.0. The molecule has 0 saturated carbocycles. The van der Waals surface area contributed by atoms with Gasteiger partial charge in [0, 0.05) is 30.3 Å². The average Bonchev–Trinajstić information content (AvgIpc) is 3.02. The van der Waals surface area contributed by atoms with Gasteiger partial charge in [-0.1, -0.05) is 56.3 Å². The first-order valence-electron chi connectivity index (χ1n) is 16.9. The predicted octanol–water partition coefficient (Wildman–Crippen LogP) is 8.52. The second kappa shape index (κ2) is 14.0. The van der Waals surface area contributed by atoms with Crippen LogP contribution in [-0.2, 0) is 12.5 Å². The van der Waals surface area contributed by atoms with E-state index in [0.717, 1.165) is 80.2 Å². The van der Waals surface area contributed by atoms with E-state index < -0.39 is 23.2 Å². The summed E-state index contributed by atoms with van der Waals surface area (Å²) in [6.45, 7) is 9.57. The van der Waals surface area contributed by atoms with Gasteiger partial charge in [0.1, 0.15) is 23.3 Å². The maximum absolute atomic E-state index is 15.9. The third-order valence-corrected chi connectivity index (χ3v) is 11.9. The number of aromatic nitrogens is 2. The van der Waals surface area contributed by atoms with Gasteiger partial charge < -0.3 is 15.1 Å². The van der Waals surface area contributed by atoms with E-state index in [1.165, 1.54) is 24.5 Å². The number of benzene rings is 1. The molecule has 2 saturated heterocycles. The fourth-order valence-electron chi connectivity index (χ4n) is 7.54. The average molecular weight is 640 g/mol. The molecule has 6 heterocycles. The maximum Gasteiger partial charge on any atom is 0.278 e. The number of anilines is 2. The molecule has 7 rings (SSSR count). The summed E-state index contributed by atoms with van der Waals surface area (Å²) < 4.78 is 47.6. The lowest BCUT2D eigenvalue weighted by Gasteiger charge is -2.37. The molecular formula is C36H48F3N5S. The van der Waals surface area contributed by atoms with Crippen LogP contribution < -0.4 is 10.2 Å². The van der Waals surface area contributed by atoms with Gasteiger partial charge in [0.05, 0.1) is 11.1 Å². The molecule has 1 N–H and O–H groups in total. The zero-order valence-electron chi connectivity index (χ0n) is 26.7. The second-order valence-corrected chi connectivity index (χ2v) is 15.4. The molecule has 0 atom stereocenters. The number of piperidine rings is 1. The Morgan fingerprint density at radius 1 is 0.933 bits per heavy atom. The quantitative estimate of drug-likeness (QED) is 0.317. The highest BCUT2D eigenvalue weighted by Gasteiger charge is 2.44. The van der Waals surface area contributed by atoms with Gasteiger partial charge in [0.2, 0.25) is 0 Å². The van der Waals surface area contributed by atoms with Crippen molar-refractivity contribution in [1.82, 2.24) is 14.9 Å². The van der Waals surface area contributed by atoms with E-state index in [0.29, 0.717) is 43.5 Å². The smallest absolute Gasteiger partial charge is 0.278 e. The van der Waals surface area contributed by atoms with Crippen molar-refractivity contribution in [2.75, 3.05) is 47.9 Å². The van der Waals surface area contributed by atoms with Crippen LogP contribution in [0, 0.1) is 24.6 Å². The van der Waals surface area contributed by atoms with Gasteiger partial charge in [-0.3, -0.25) is 0 Å². The number of rotatable bonds is 1. The Morgan fingerprint density at radius 2 is 1.62 bits per heavy atom. The number of hydrogen-bond acceptors (Lipinski definition) is 5. The van der Waals surface area contributed by atoms with Crippen LogP contribution in [-0.4, -0.2) is 58.4 Å². The minimum atomic E-state index is -3.22. The summed E-state index contributed by atoms with van der Waals surface area (Å²) in [5, 5.41) is 3.34. The summed E-state index contributed by atoms with van der Waals surface area (Å²) >= 11 is 0. The van der Waals surface area contributed by atoms with Crippen LogP contribution >= 0.6 is 10.5 Å². The molecule has 0 unspecified atom stereocenters. The first-order valence-corrected chi connectivity index (χ1v) is 18.6. The Hall–Kier alpha value is -2.65. The summed E-state index contributed by atoms with van der Waals surface area (Å²) in [5.41, 5.74) is 2.84. The zero-order chi connectivity index (χ0) is 31.6. The molecule has 9 heteroatoms. The molecule has 1 aromatic carbocycles. The molecule has 2 fully saturated rings. The number of hydrogen-bond donors (Lipinski definition) is 1. The van der Waals surface area contributed by atoms with E-state index in [2.05, 4.69) is 33.6 Å². The Balaban J connectivity index is 1.35. The molecule has 2 aromatic rings. The standard InChI is InChI=1S/C36H48F3N5S/c1-25-30(27-15-21-45(3)22-16-27)23-31-34-40-24-28-11-10-12-32(33(28)37)36(38,39)29-13-19-43(20-14-29)17-8-6-4-5-7-9-18-44(25)35(31)42-26(2)41-34/h10-12,23,27,29H,1,3-9,13-22,24H2,2H3,(H,40,41,42). The van der Waals surface area contributed by atoms with Crippen molar-refractivity contribution >= 4 is 34.1 Å². The number of allylic oxidation sites excluding steroid dienone is 1. The first kappa shape index (κ1) is 32.3. The number of halogens is 3. The molecule has 1 aromatic heterocycles. The monoisotopic (exact) mass is 639 g/mol. The third-order valence-electron chi connectivity index (χ3n) is 10.3. The van der Waals surface area contributed by atoms with E-state index in [1.807, 2.05) is 6.92 Å². The van der Waals surface area contributed by atoms with Crippen molar-refractivity contribution in [1.29, 1.82) is 0 Å². The van der Waals surface area contributed by atoms with Gasteiger partial charge in [-0.05, 0) is 94.2 Å². The van der Waals surface area contributed by atoms with Gasteiger partial charge >= 0.3 is 0 Å². The number of alkyl halides is 2. The largest absolute Gasteiger partial charge is 0.365 e. The van der Waals surface area contributed by atoms with Crippen LogP contribution in [0.25, 0.3) is 6.08 Å². The van der Waals surface area contributed by atoms with Gasteiger partial charge in [-0.15, -0.1) is 0 Å².